The minimum Gasteiger partial charge on any atom is -0.324 e. The maximum atomic E-state index is 13.8. The fraction of sp³-hybridized carbons (Fsp3) is 0.440. The van der Waals surface area contributed by atoms with Gasteiger partial charge in [-0.15, -0.1) is 0 Å². The lowest BCUT2D eigenvalue weighted by Crippen LogP contribution is -2.39. The summed E-state index contributed by atoms with van der Waals surface area (Å²) in [5.74, 6) is -0.905. The van der Waals surface area contributed by atoms with Crippen LogP contribution in [-0.4, -0.2) is 37.6 Å². The number of hydrogen-bond acceptors (Lipinski definition) is 4. The fourth-order valence-corrected chi connectivity index (χ4v) is 5.02. The van der Waals surface area contributed by atoms with Gasteiger partial charge < -0.3 is 10.2 Å². The second-order valence-corrected chi connectivity index (χ2v) is 11.2. The number of anilines is 1. The van der Waals surface area contributed by atoms with Gasteiger partial charge in [-0.05, 0) is 54.3 Å². The molecule has 0 saturated heterocycles. The average Bonchev–Trinajstić information content (AvgIpc) is 3.16. The van der Waals surface area contributed by atoms with Crippen molar-refractivity contribution in [3.63, 3.8) is 0 Å². The molecule has 0 aromatic heterocycles. The van der Waals surface area contributed by atoms with Gasteiger partial charge in [-0.1, -0.05) is 38.0 Å². The summed E-state index contributed by atoms with van der Waals surface area (Å²) >= 11 is 0. The number of carbonyl (C=O) groups is 2. The summed E-state index contributed by atoms with van der Waals surface area (Å²) in [6.45, 7) is 4.41. The van der Waals surface area contributed by atoms with Crippen LogP contribution in [0.5, 0.6) is 0 Å². The van der Waals surface area contributed by atoms with E-state index in [2.05, 4.69) is 5.32 Å². The second kappa shape index (κ2) is 9.64. The van der Waals surface area contributed by atoms with E-state index in [1.54, 1.807) is 0 Å². The first-order valence-corrected chi connectivity index (χ1v) is 13.2. The SMILES string of the molecule is CCCCC(C)(c1ccc(NC(=O)C2c3ccc(S(C)(=O)=O)cc3CN2C(C)=O)cc1)C(F)(F)F. The van der Waals surface area contributed by atoms with E-state index < -0.39 is 33.4 Å². The highest BCUT2D eigenvalue weighted by atomic mass is 32.2. The molecule has 0 radical (unpaired) electrons. The van der Waals surface area contributed by atoms with Crippen molar-refractivity contribution in [2.75, 3.05) is 11.6 Å². The summed E-state index contributed by atoms with van der Waals surface area (Å²) in [7, 11) is -3.47. The minimum absolute atomic E-state index is 0.0411. The highest BCUT2D eigenvalue weighted by molar-refractivity contribution is 7.90. The smallest absolute Gasteiger partial charge is 0.324 e. The zero-order valence-electron chi connectivity index (χ0n) is 20.1. The number of nitrogens with one attached hydrogen (secondary N) is 1. The first-order chi connectivity index (χ1) is 16.2. The van der Waals surface area contributed by atoms with E-state index in [0.717, 1.165) is 6.26 Å². The van der Waals surface area contributed by atoms with Crippen LogP contribution in [0.2, 0.25) is 0 Å². The third-order valence-electron chi connectivity index (χ3n) is 6.59. The number of alkyl halides is 3. The van der Waals surface area contributed by atoms with Crippen molar-refractivity contribution in [1.29, 1.82) is 0 Å². The number of unbranched alkanes of at least 4 members (excludes halogenated alkanes) is 1. The van der Waals surface area contributed by atoms with Gasteiger partial charge in [0.1, 0.15) is 6.04 Å². The molecule has 6 nitrogen and oxygen atoms in total. The van der Waals surface area contributed by atoms with Crippen LogP contribution in [0.15, 0.2) is 47.4 Å². The van der Waals surface area contributed by atoms with Gasteiger partial charge in [0.15, 0.2) is 9.84 Å². The molecule has 1 heterocycles. The lowest BCUT2D eigenvalue weighted by molar-refractivity contribution is -0.188. The van der Waals surface area contributed by atoms with E-state index in [-0.39, 0.29) is 29.3 Å². The van der Waals surface area contributed by atoms with E-state index in [1.165, 1.54) is 61.2 Å². The Morgan fingerprint density at radius 2 is 1.74 bits per heavy atom. The summed E-state index contributed by atoms with van der Waals surface area (Å²) < 4.78 is 65.3. The highest BCUT2D eigenvalue weighted by Gasteiger charge is 2.51. The van der Waals surface area contributed by atoms with Crippen molar-refractivity contribution in [2.45, 2.75) is 69.1 Å². The molecule has 0 saturated carbocycles. The number of sulfone groups is 1. The summed E-state index contributed by atoms with van der Waals surface area (Å²) in [4.78, 5) is 26.8. The van der Waals surface area contributed by atoms with E-state index in [0.29, 0.717) is 29.7 Å². The first-order valence-electron chi connectivity index (χ1n) is 11.3. The van der Waals surface area contributed by atoms with Crippen molar-refractivity contribution >= 4 is 27.3 Å². The number of hydrogen-bond donors (Lipinski definition) is 1. The Morgan fingerprint density at radius 1 is 1.11 bits per heavy atom. The van der Waals surface area contributed by atoms with Crippen LogP contribution in [-0.2, 0) is 31.4 Å². The molecule has 2 aromatic carbocycles. The Morgan fingerprint density at radius 3 is 2.26 bits per heavy atom. The molecule has 2 atom stereocenters. The molecule has 35 heavy (non-hydrogen) atoms. The summed E-state index contributed by atoms with van der Waals surface area (Å²) in [5.41, 5.74) is -0.537. The quantitative estimate of drug-likeness (QED) is 0.559. The Kier molecular flexibility index (Phi) is 7.36. The van der Waals surface area contributed by atoms with Gasteiger partial charge in [-0.25, -0.2) is 8.42 Å². The number of rotatable bonds is 7. The van der Waals surface area contributed by atoms with Gasteiger partial charge in [0.25, 0.3) is 5.91 Å². The molecular formula is C25H29F3N2O4S. The van der Waals surface area contributed by atoms with Gasteiger partial charge in [0.2, 0.25) is 5.91 Å². The largest absolute Gasteiger partial charge is 0.398 e. The molecule has 2 aromatic rings. The molecule has 1 aliphatic heterocycles. The van der Waals surface area contributed by atoms with Gasteiger partial charge in [-0.2, -0.15) is 13.2 Å². The van der Waals surface area contributed by atoms with Gasteiger partial charge in [0.05, 0.1) is 10.3 Å². The van der Waals surface area contributed by atoms with Crippen LogP contribution in [0.4, 0.5) is 18.9 Å². The molecule has 190 valence electrons. The molecule has 0 spiro atoms. The van der Waals surface area contributed by atoms with Crippen molar-refractivity contribution in [1.82, 2.24) is 4.90 Å². The number of carbonyl (C=O) groups excluding carboxylic acids is 2. The topological polar surface area (TPSA) is 83.6 Å². The summed E-state index contributed by atoms with van der Waals surface area (Å²) in [6.07, 6.45) is -2.32. The van der Waals surface area contributed by atoms with Gasteiger partial charge in [-0.3, -0.25) is 9.59 Å². The Bertz CT molecular complexity index is 1230. The number of benzene rings is 2. The Hall–Kier alpha value is -2.88. The van der Waals surface area contributed by atoms with E-state index >= 15 is 0 Å². The van der Waals surface area contributed by atoms with Crippen molar-refractivity contribution < 1.29 is 31.2 Å². The van der Waals surface area contributed by atoms with E-state index in [9.17, 15) is 31.2 Å². The number of fused-ring (bicyclic) bond motifs is 1. The van der Waals surface area contributed by atoms with Crippen molar-refractivity contribution in [2.24, 2.45) is 0 Å². The average molecular weight is 511 g/mol. The molecule has 10 heteroatoms. The van der Waals surface area contributed by atoms with Crippen molar-refractivity contribution in [3.05, 3.63) is 59.2 Å². The third-order valence-corrected chi connectivity index (χ3v) is 7.70. The molecular weight excluding hydrogens is 481 g/mol. The van der Waals surface area contributed by atoms with E-state index in [1.807, 2.05) is 6.92 Å². The Labute approximate surface area is 203 Å². The maximum absolute atomic E-state index is 13.8. The minimum atomic E-state index is -4.42. The molecule has 1 N–H and O–H groups in total. The molecule has 0 bridgehead atoms. The Balaban J connectivity index is 1.87. The monoisotopic (exact) mass is 510 g/mol. The predicted octanol–water partition coefficient (Wildman–Crippen LogP) is 5.14. The number of halogens is 3. The lowest BCUT2D eigenvalue weighted by atomic mass is 9.77. The molecule has 2 amide bonds. The van der Waals surface area contributed by atoms with Crippen LogP contribution in [0.1, 0.15) is 62.8 Å². The maximum Gasteiger partial charge on any atom is 0.398 e. The predicted molar refractivity (Wildman–Crippen MR) is 127 cm³/mol. The zero-order chi connectivity index (χ0) is 26.2. The molecule has 2 unspecified atom stereocenters. The van der Waals surface area contributed by atoms with Gasteiger partial charge >= 0.3 is 6.18 Å². The van der Waals surface area contributed by atoms with Crippen LogP contribution in [0.25, 0.3) is 0 Å². The molecule has 0 aliphatic carbocycles. The van der Waals surface area contributed by atoms with Gasteiger partial charge in [0, 0.05) is 25.4 Å². The first kappa shape index (κ1) is 26.7. The highest BCUT2D eigenvalue weighted by Crippen LogP contribution is 2.45. The van der Waals surface area contributed by atoms with Crippen LogP contribution in [0.3, 0.4) is 0 Å². The third kappa shape index (κ3) is 5.37. The molecule has 0 fully saturated rings. The van der Waals surface area contributed by atoms with Crippen LogP contribution in [0, 0.1) is 0 Å². The standard InChI is InChI=1S/C25H29F3N2O4S/c1-5-6-13-24(3,25(26,27)28)18-7-9-19(10-8-18)29-23(32)22-21-12-11-20(35(4,33)34)14-17(21)15-30(22)16(2)31/h7-12,14,22H,5-6,13,15H2,1-4H3,(H,29,32). The lowest BCUT2D eigenvalue weighted by Gasteiger charge is -2.33. The van der Waals surface area contributed by atoms with Crippen LogP contribution < -0.4 is 5.32 Å². The number of amides is 2. The van der Waals surface area contributed by atoms with Crippen LogP contribution >= 0.6 is 0 Å². The summed E-state index contributed by atoms with van der Waals surface area (Å²) in [6, 6.07) is 8.95. The zero-order valence-corrected chi connectivity index (χ0v) is 20.9. The molecule has 3 rings (SSSR count). The normalized spacial score (nSPS) is 17.6. The number of nitrogens with zero attached hydrogens (tertiary/aromatic N) is 1. The fourth-order valence-electron chi connectivity index (χ4n) is 4.35. The van der Waals surface area contributed by atoms with E-state index in [4.69, 9.17) is 0 Å². The van der Waals surface area contributed by atoms with Crippen molar-refractivity contribution in [3.8, 4) is 0 Å². The molecule has 1 aliphatic rings. The summed E-state index contributed by atoms with van der Waals surface area (Å²) in [5, 5.41) is 2.68. The second-order valence-electron chi connectivity index (χ2n) is 9.18.